The fourth-order valence-corrected chi connectivity index (χ4v) is 1.05. The highest BCUT2D eigenvalue weighted by Crippen LogP contribution is 2.22. The van der Waals surface area contributed by atoms with Crippen molar-refractivity contribution in [3.8, 4) is 6.07 Å². The van der Waals surface area contributed by atoms with Gasteiger partial charge in [0.05, 0.1) is 18.2 Å². The summed E-state index contributed by atoms with van der Waals surface area (Å²) in [6, 6.07) is 2.62. The molecule has 0 bridgehead atoms. The molecule has 0 aliphatic heterocycles. The van der Waals surface area contributed by atoms with Gasteiger partial charge in [0.15, 0.2) is 0 Å². The molecule has 0 aliphatic rings. The van der Waals surface area contributed by atoms with Crippen LogP contribution in [0, 0.1) is 24.1 Å². The summed E-state index contributed by atoms with van der Waals surface area (Å²) in [5.74, 6) is -0.667. The molecule has 14 heavy (non-hydrogen) atoms. The molecule has 1 aromatic rings. The molecule has 0 N–H and O–H groups in total. The van der Waals surface area contributed by atoms with Gasteiger partial charge in [0, 0.05) is 0 Å². The Bertz CT molecular complexity index is 382. The van der Waals surface area contributed by atoms with Crippen molar-refractivity contribution < 1.29 is 13.2 Å². The fraction of sp³-hybridized carbons (Fsp3) is 0.333. The Kier molecular flexibility index (Phi) is 3.07. The minimum absolute atomic E-state index is 0.0504. The summed E-state index contributed by atoms with van der Waals surface area (Å²) in [6.07, 6.45) is -3.04. The summed E-state index contributed by atoms with van der Waals surface area (Å²) < 4.78 is 37.7. The van der Waals surface area contributed by atoms with Crippen LogP contribution in [0.5, 0.6) is 0 Å². The number of pyridine rings is 1. The second kappa shape index (κ2) is 4.09. The van der Waals surface area contributed by atoms with Crippen LogP contribution in [0.25, 0.3) is 0 Å². The summed E-state index contributed by atoms with van der Waals surface area (Å²) >= 11 is 0. The summed E-state index contributed by atoms with van der Waals surface area (Å²) in [5.41, 5.74) is -0.641. The first kappa shape index (κ1) is 10.5. The van der Waals surface area contributed by atoms with E-state index < -0.39 is 17.9 Å². The molecule has 0 fully saturated rings. The topological polar surface area (TPSA) is 36.7 Å². The van der Waals surface area contributed by atoms with Crippen LogP contribution in [-0.2, 0) is 6.42 Å². The molecule has 0 unspecified atom stereocenters. The van der Waals surface area contributed by atoms with Gasteiger partial charge in [0.1, 0.15) is 11.5 Å². The molecule has 0 saturated carbocycles. The van der Waals surface area contributed by atoms with Crippen molar-refractivity contribution in [2.75, 3.05) is 0 Å². The Morgan fingerprint density at radius 1 is 1.57 bits per heavy atom. The molecule has 0 radical (unpaired) electrons. The molecule has 0 aromatic carbocycles. The molecule has 5 heteroatoms. The van der Waals surface area contributed by atoms with Gasteiger partial charge < -0.3 is 0 Å². The van der Waals surface area contributed by atoms with Crippen LogP contribution < -0.4 is 0 Å². The third kappa shape index (κ3) is 2.02. The van der Waals surface area contributed by atoms with Crippen LogP contribution in [-0.4, -0.2) is 4.98 Å². The van der Waals surface area contributed by atoms with Gasteiger partial charge in [-0.25, -0.2) is 18.2 Å². The quantitative estimate of drug-likeness (QED) is 0.735. The SMILES string of the molecule is Cc1nc(C(F)F)c(CC#N)cc1F. The van der Waals surface area contributed by atoms with Crippen molar-refractivity contribution in [3.63, 3.8) is 0 Å². The van der Waals surface area contributed by atoms with E-state index >= 15 is 0 Å². The molecule has 74 valence electrons. The minimum Gasteiger partial charge on any atom is -0.249 e. The van der Waals surface area contributed by atoms with Gasteiger partial charge in [-0.2, -0.15) is 5.26 Å². The number of hydrogen-bond donors (Lipinski definition) is 0. The zero-order valence-electron chi connectivity index (χ0n) is 7.39. The molecular weight excluding hydrogens is 193 g/mol. The van der Waals surface area contributed by atoms with Crippen LogP contribution in [0.4, 0.5) is 13.2 Å². The monoisotopic (exact) mass is 200 g/mol. The highest BCUT2D eigenvalue weighted by Gasteiger charge is 2.16. The molecule has 2 nitrogen and oxygen atoms in total. The maximum absolute atomic E-state index is 12.9. The Labute approximate surface area is 79.0 Å². The Balaban J connectivity index is 3.25. The predicted molar refractivity (Wildman–Crippen MR) is 43.2 cm³/mol. The van der Waals surface area contributed by atoms with Gasteiger partial charge in [-0.1, -0.05) is 0 Å². The van der Waals surface area contributed by atoms with Crippen molar-refractivity contribution >= 4 is 0 Å². The number of nitrogens with zero attached hydrogens (tertiary/aromatic N) is 2. The molecule has 1 rings (SSSR count). The number of halogens is 3. The first-order chi connectivity index (χ1) is 6.56. The Hall–Kier alpha value is -1.57. The average molecular weight is 200 g/mol. The zero-order chi connectivity index (χ0) is 10.7. The fourth-order valence-electron chi connectivity index (χ4n) is 1.05. The summed E-state index contributed by atoms with van der Waals surface area (Å²) in [4.78, 5) is 3.41. The lowest BCUT2D eigenvalue weighted by molar-refractivity contribution is 0.144. The second-order valence-electron chi connectivity index (χ2n) is 2.74. The van der Waals surface area contributed by atoms with E-state index in [0.717, 1.165) is 6.07 Å². The number of rotatable bonds is 2. The molecule has 0 spiro atoms. The van der Waals surface area contributed by atoms with Gasteiger partial charge in [-0.05, 0) is 18.6 Å². The number of hydrogen-bond acceptors (Lipinski definition) is 2. The zero-order valence-corrected chi connectivity index (χ0v) is 7.39. The van der Waals surface area contributed by atoms with E-state index in [2.05, 4.69) is 4.98 Å². The maximum Gasteiger partial charge on any atom is 0.280 e. The predicted octanol–water partition coefficient (Wildman–Crippen LogP) is 2.53. The van der Waals surface area contributed by atoms with Gasteiger partial charge in [0.25, 0.3) is 6.43 Å². The Morgan fingerprint density at radius 3 is 2.71 bits per heavy atom. The summed E-state index contributed by atoms with van der Waals surface area (Å²) in [7, 11) is 0. The van der Waals surface area contributed by atoms with Crippen LogP contribution in [0.1, 0.15) is 23.4 Å². The minimum atomic E-state index is -2.78. The second-order valence-corrected chi connectivity index (χ2v) is 2.74. The largest absolute Gasteiger partial charge is 0.280 e. The normalized spacial score (nSPS) is 10.3. The van der Waals surface area contributed by atoms with E-state index in [9.17, 15) is 13.2 Å². The van der Waals surface area contributed by atoms with Crippen molar-refractivity contribution in [1.29, 1.82) is 5.26 Å². The molecule has 0 atom stereocenters. The van der Waals surface area contributed by atoms with Crippen molar-refractivity contribution in [2.24, 2.45) is 0 Å². The van der Waals surface area contributed by atoms with E-state index in [4.69, 9.17) is 5.26 Å². The van der Waals surface area contributed by atoms with E-state index in [-0.39, 0.29) is 17.7 Å². The lowest BCUT2D eigenvalue weighted by Crippen LogP contribution is -2.02. The standard InChI is InChI=1S/C9H7F3N2/c1-5-7(10)4-6(2-3-13)8(14-5)9(11)12/h4,9H,2H2,1H3. The molecule has 0 amide bonds. The first-order valence-corrected chi connectivity index (χ1v) is 3.87. The number of aromatic nitrogens is 1. The van der Waals surface area contributed by atoms with Crippen molar-refractivity contribution in [3.05, 3.63) is 28.8 Å². The number of aryl methyl sites for hydroxylation is 1. The summed E-state index contributed by atoms with van der Waals surface area (Å²) in [6.45, 7) is 1.30. The van der Waals surface area contributed by atoms with Crippen LogP contribution >= 0.6 is 0 Å². The lowest BCUT2D eigenvalue weighted by Gasteiger charge is -2.06. The molecule has 0 aliphatic carbocycles. The molecule has 1 heterocycles. The molecular formula is C9H7F3N2. The number of alkyl halides is 2. The lowest BCUT2D eigenvalue weighted by atomic mass is 10.1. The van der Waals surface area contributed by atoms with E-state index in [0.29, 0.717) is 0 Å². The van der Waals surface area contributed by atoms with E-state index in [1.54, 1.807) is 6.07 Å². The van der Waals surface area contributed by atoms with Crippen molar-refractivity contribution in [1.82, 2.24) is 4.98 Å². The molecule has 1 aromatic heterocycles. The first-order valence-electron chi connectivity index (χ1n) is 3.87. The average Bonchev–Trinajstić information content (AvgIpc) is 2.11. The highest BCUT2D eigenvalue weighted by molar-refractivity contribution is 5.27. The Morgan fingerprint density at radius 2 is 2.21 bits per heavy atom. The van der Waals surface area contributed by atoms with Crippen LogP contribution in [0.3, 0.4) is 0 Å². The third-order valence-corrected chi connectivity index (χ3v) is 1.74. The number of nitriles is 1. The van der Waals surface area contributed by atoms with Gasteiger partial charge in [-0.15, -0.1) is 0 Å². The summed E-state index contributed by atoms with van der Waals surface area (Å²) in [5, 5.41) is 8.34. The van der Waals surface area contributed by atoms with E-state index in [1.165, 1.54) is 6.92 Å². The van der Waals surface area contributed by atoms with Gasteiger partial charge in [0.2, 0.25) is 0 Å². The van der Waals surface area contributed by atoms with Gasteiger partial charge in [-0.3, -0.25) is 0 Å². The smallest absolute Gasteiger partial charge is 0.249 e. The maximum atomic E-state index is 12.9. The highest BCUT2D eigenvalue weighted by atomic mass is 19.3. The van der Waals surface area contributed by atoms with Crippen LogP contribution in [0.2, 0.25) is 0 Å². The van der Waals surface area contributed by atoms with Gasteiger partial charge >= 0.3 is 0 Å². The third-order valence-electron chi connectivity index (χ3n) is 1.74. The van der Waals surface area contributed by atoms with Crippen LogP contribution in [0.15, 0.2) is 6.07 Å². The molecule has 0 saturated heterocycles. The van der Waals surface area contributed by atoms with E-state index in [1.807, 2.05) is 0 Å². The van der Waals surface area contributed by atoms with Crippen molar-refractivity contribution in [2.45, 2.75) is 19.8 Å².